The minimum Gasteiger partial charge on any atom is -0.462 e. The lowest BCUT2D eigenvalue weighted by atomic mass is 10.0. The molecule has 6 heteroatoms. The Hall–Kier alpha value is -2.89. The molecule has 358 valence electrons. The largest absolute Gasteiger partial charge is 0.462 e. The molecular formula is C56H98O6. The number of ether oxygens (including phenoxy) is 3. The lowest BCUT2D eigenvalue weighted by Crippen LogP contribution is -2.30. The van der Waals surface area contributed by atoms with Gasteiger partial charge in [0.2, 0.25) is 0 Å². The van der Waals surface area contributed by atoms with E-state index in [1.54, 1.807) is 0 Å². The molecule has 0 saturated carbocycles. The maximum Gasteiger partial charge on any atom is 0.306 e. The van der Waals surface area contributed by atoms with E-state index in [4.69, 9.17) is 14.2 Å². The van der Waals surface area contributed by atoms with Gasteiger partial charge >= 0.3 is 17.9 Å². The zero-order valence-corrected chi connectivity index (χ0v) is 40.9. The normalized spacial score (nSPS) is 12.5. The van der Waals surface area contributed by atoms with E-state index >= 15 is 0 Å². The van der Waals surface area contributed by atoms with Crippen molar-refractivity contribution in [3.8, 4) is 0 Å². The van der Waals surface area contributed by atoms with Crippen molar-refractivity contribution in [3.63, 3.8) is 0 Å². The van der Waals surface area contributed by atoms with Gasteiger partial charge in [0.1, 0.15) is 13.2 Å². The Morgan fingerprint density at radius 3 is 1.11 bits per heavy atom. The minimum absolute atomic E-state index is 0.0814. The summed E-state index contributed by atoms with van der Waals surface area (Å²) in [5.41, 5.74) is 0. The number of hydrogen-bond acceptors (Lipinski definition) is 6. The number of carbonyl (C=O) groups is 3. The van der Waals surface area contributed by atoms with Crippen LogP contribution in [0.2, 0.25) is 0 Å². The maximum absolute atomic E-state index is 12.8. The van der Waals surface area contributed by atoms with E-state index in [-0.39, 0.29) is 31.1 Å². The molecule has 0 aliphatic carbocycles. The first-order valence-electron chi connectivity index (χ1n) is 26.3. The topological polar surface area (TPSA) is 78.9 Å². The number of esters is 3. The van der Waals surface area contributed by atoms with Gasteiger partial charge in [-0.1, -0.05) is 223 Å². The third kappa shape index (κ3) is 48.1. The molecular weight excluding hydrogens is 769 g/mol. The molecule has 0 aliphatic rings. The Bertz CT molecular complexity index is 1130. The molecule has 0 amide bonds. The van der Waals surface area contributed by atoms with Gasteiger partial charge in [0.15, 0.2) is 6.10 Å². The second-order valence-electron chi connectivity index (χ2n) is 17.4. The predicted molar refractivity (Wildman–Crippen MR) is 265 cm³/mol. The van der Waals surface area contributed by atoms with Crippen LogP contribution in [0.3, 0.4) is 0 Å². The third-order valence-electron chi connectivity index (χ3n) is 11.3. The molecule has 0 aromatic heterocycles. The van der Waals surface area contributed by atoms with Gasteiger partial charge in [-0.15, -0.1) is 0 Å². The summed E-state index contributed by atoms with van der Waals surface area (Å²) in [6.07, 6.45) is 62.0. The fraction of sp³-hybridized carbons (Fsp3) is 0.768. The van der Waals surface area contributed by atoms with Gasteiger partial charge < -0.3 is 14.2 Å². The van der Waals surface area contributed by atoms with Gasteiger partial charge in [0.25, 0.3) is 0 Å². The molecule has 1 atom stereocenters. The fourth-order valence-corrected chi connectivity index (χ4v) is 7.33. The monoisotopic (exact) mass is 867 g/mol. The summed E-state index contributed by atoms with van der Waals surface area (Å²) in [6.45, 7) is 6.49. The number of allylic oxidation sites excluding steroid dienone is 10. The molecule has 0 radical (unpaired) electrons. The molecule has 0 aromatic carbocycles. The van der Waals surface area contributed by atoms with Crippen molar-refractivity contribution in [2.45, 2.75) is 264 Å². The second kappa shape index (κ2) is 50.8. The van der Waals surface area contributed by atoms with E-state index in [0.29, 0.717) is 19.3 Å². The maximum atomic E-state index is 12.8. The summed E-state index contributed by atoms with van der Waals surface area (Å²) in [7, 11) is 0. The molecule has 62 heavy (non-hydrogen) atoms. The average Bonchev–Trinajstić information content (AvgIpc) is 3.27. The zero-order valence-electron chi connectivity index (χ0n) is 40.9. The van der Waals surface area contributed by atoms with Crippen LogP contribution in [0.4, 0.5) is 0 Å². The number of hydrogen-bond donors (Lipinski definition) is 0. The smallest absolute Gasteiger partial charge is 0.306 e. The molecule has 0 bridgehead atoms. The molecule has 0 aliphatic heterocycles. The van der Waals surface area contributed by atoms with Gasteiger partial charge in [-0.25, -0.2) is 0 Å². The number of rotatable bonds is 47. The molecule has 1 unspecified atom stereocenters. The van der Waals surface area contributed by atoms with Gasteiger partial charge in [-0.2, -0.15) is 0 Å². The van der Waals surface area contributed by atoms with E-state index in [9.17, 15) is 14.4 Å². The highest BCUT2D eigenvalue weighted by Gasteiger charge is 2.19. The summed E-state index contributed by atoms with van der Waals surface area (Å²) in [5, 5.41) is 0. The lowest BCUT2D eigenvalue weighted by molar-refractivity contribution is -0.167. The molecule has 0 fully saturated rings. The van der Waals surface area contributed by atoms with E-state index < -0.39 is 6.10 Å². The van der Waals surface area contributed by atoms with Crippen molar-refractivity contribution in [1.82, 2.24) is 0 Å². The lowest BCUT2D eigenvalue weighted by Gasteiger charge is -2.18. The fourth-order valence-electron chi connectivity index (χ4n) is 7.33. The van der Waals surface area contributed by atoms with Crippen molar-refractivity contribution in [1.29, 1.82) is 0 Å². The van der Waals surface area contributed by atoms with Crippen molar-refractivity contribution < 1.29 is 28.6 Å². The first-order valence-corrected chi connectivity index (χ1v) is 26.3. The molecule has 0 spiro atoms. The van der Waals surface area contributed by atoms with Crippen molar-refractivity contribution >= 4 is 17.9 Å². The van der Waals surface area contributed by atoms with Gasteiger partial charge in [0.05, 0.1) is 0 Å². The predicted octanol–water partition coefficient (Wildman–Crippen LogP) is 17.3. The second-order valence-corrected chi connectivity index (χ2v) is 17.4. The minimum atomic E-state index is -0.783. The van der Waals surface area contributed by atoms with E-state index in [2.05, 4.69) is 81.5 Å². The van der Waals surface area contributed by atoms with E-state index in [1.807, 2.05) is 0 Å². The highest BCUT2D eigenvalue weighted by Crippen LogP contribution is 2.15. The molecule has 0 rings (SSSR count). The Morgan fingerprint density at radius 2 is 0.677 bits per heavy atom. The van der Waals surface area contributed by atoms with Crippen LogP contribution < -0.4 is 0 Å². The summed E-state index contributed by atoms with van der Waals surface area (Å²) in [6, 6.07) is 0. The zero-order chi connectivity index (χ0) is 45.1. The molecule has 0 N–H and O–H groups in total. The van der Waals surface area contributed by atoms with Crippen LogP contribution in [-0.2, 0) is 28.6 Å². The van der Waals surface area contributed by atoms with Crippen LogP contribution in [0, 0.1) is 0 Å². The first kappa shape index (κ1) is 59.1. The van der Waals surface area contributed by atoms with Crippen molar-refractivity contribution in [2.75, 3.05) is 13.2 Å². The van der Waals surface area contributed by atoms with Crippen LogP contribution in [0.5, 0.6) is 0 Å². The Morgan fingerprint density at radius 1 is 0.355 bits per heavy atom. The van der Waals surface area contributed by atoms with Crippen LogP contribution in [0.15, 0.2) is 60.8 Å². The molecule has 6 nitrogen and oxygen atoms in total. The van der Waals surface area contributed by atoms with E-state index in [1.165, 1.54) is 122 Å². The van der Waals surface area contributed by atoms with Gasteiger partial charge in [-0.3, -0.25) is 14.4 Å². The highest BCUT2D eigenvalue weighted by molar-refractivity contribution is 5.71. The molecule has 0 saturated heterocycles. The molecule has 0 heterocycles. The molecule has 0 aromatic rings. The number of carbonyl (C=O) groups excluding carboxylic acids is 3. The summed E-state index contributed by atoms with van der Waals surface area (Å²) < 4.78 is 16.8. The Labute approximate surface area is 383 Å². The van der Waals surface area contributed by atoms with Crippen LogP contribution in [-0.4, -0.2) is 37.2 Å². The third-order valence-corrected chi connectivity index (χ3v) is 11.3. The highest BCUT2D eigenvalue weighted by atomic mass is 16.6. The van der Waals surface area contributed by atoms with Crippen LogP contribution in [0.25, 0.3) is 0 Å². The average molecular weight is 867 g/mol. The van der Waals surface area contributed by atoms with Crippen molar-refractivity contribution in [3.05, 3.63) is 60.8 Å². The van der Waals surface area contributed by atoms with Gasteiger partial charge in [0, 0.05) is 19.3 Å². The van der Waals surface area contributed by atoms with Crippen LogP contribution in [0.1, 0.15) is 258 Å². The van der Waals surface area contributed by atoms with Gasteiger partial charge in [-0.05, 0) is 77.0 Å². The van der Waals surface area contributed by atoms with E-state index in [0.717, 1.165) is 96.3 Å². The van der Waals surface area contributed by atoms with Crippen molar-refractivity contribution in [2.24, 2.45) is 0 Å². The number of unbranched alkanes of at least 4 members (excludes halogenated alkanes) is 27. The van der Waals surface area contributed by atoms with Crippen LogP contribution >= 0.6 is 0 Å². The first-order chi connectivity index (χ1) is 30.5. The Balaban J connectivity index is 4.41. The summed E-state index contributed by atoms with van der Waals surface area (Å²) >= 11 is 0. The Kier molecular flexibility index (Phi) is 48.4. The summed E-state index contributed by atoms with van der Waals surface area (Å²) in [5.74, 6) is -0.900. The quantitative estimate of drug-likeness (QED) is 0.0199. The SMILES string of the molecule is CC/C=C\C/C=C\C/C=C\CCCCCCCCC(=O)OCC(COC(=O)CCCCCCCCCCCCCCC)OC(=O)CCCCCCCC/C=C\C=C/CCCCC. The standard InChI is InChI=1S/C56H98O6/c1-4-7-10-13-16-19-22-25-27-29-31-34-37-40-43-46-49-55(58)61-52-53(51-60-54(57)48-45-42-39-36-33-30-24-21-18-15-12-9-6-3)62-56(59)50-47-44-41-38-35-32-28-26-23-20-17-14-11-8-5-2/h7,10,16-17,19-20,23,25-27,53H,4-6,8-9,11-15,18,21-22,24,28-52H2,1-3H3/b10-7-,19-16-,20-17-,26-23-,27-25-. The summed E-state index contributed by atoms with van der Waals surface area (Å²) in [4.78, 5) is 38.0.